The molecule has 1 heterocycles. The fourth-order valence-corrected chi connectivity index (χ4v) is 2.57. The zero-order valence-electron chi connectivity index (χ0n) is 9.43. The van der Waals surface area contributed by atoms with Crippen LogP contribution in [0.15, 0.2) is 24.3 Å². The first kappa shape index (κ1) is 12.2. The summed E-state index contributed by atoms with van der Waals surface area (Å²) in [6, 6.07) is 7.20. The van der Waals surface area contributed by atoms with Gasteiger partial charge in [0.2, 0.25) is 5.78 Å². The van der Waals surface area contributed by atoms with Gasteiger partial charge in [-0.05, 0) is 31.5 Å². The van der Waals surface area contributed by atoms with E-state index in [0.29, 0.717) is 18.0 Å². The molecule has 1 aromatic heterocycles. The largest absolute Gasteiger partial charge is 0.330 e. The normalized spacial score (nSPS) is 12.8. The van der Waals surface area contributed by atoms with Crippen molar-refractivity contribution >= 4 is 27.3 Å². The number of aromatic nitrogens is 1. The number of para-hydroxylation sites is 1. The number of ketones is 1. The summed E-state index contributed by atoms with van der Waals surface area (Å²) in [6.45, 7) is 0.556. The number of carbonyl (C=O) groups excluding carboxylic acids is 1. The highest BCUT2D eigenvalue weighted by molar-refractivity contribution is 7.20. The molecule has 0 aliphatic rings. The van der Waals surface area contributed by atoms with E-state index in [1.165, 1.54) is 11.3 Å². The van der Waals surface area contributed by atoms with Crippen molar-refractivity contribution in [1.82, 2.24) is 4.98 Å². The zero-order chi connectivity index (χ0) is 12.3. The summed E-state index contributed by atoms with van der Waals surface area (Å²) in [5.41, 5.74) is 12.1. The Morgan fingerprint density at radius 3 is 2.88 bits per heavy atom. The number of fused-ring (bicyclic) bond motifs is 1. The summed E-state index contributed by atoms with van der Waals surface area (Å²) in [7, 11) is 0. The second-order valence-electron chi connectivity index (χ2n) is 3.89. The van der Waals surface area contributed by atoms with Crippen molar-refractivity contribution in [3.63, 3.8) is 0 Å². The summed E-state index contributed by atoms with van der Waals surface area (Å²) >= 11 is 1.40. The zero-order valence-corrected chi connectivity index (χ0v) is 10.2. The number of benzene rings is 1. The lowest BCUT2D eigenvalue weighted by molar-refractivity contribution is 0.0956. The molecule has 0 fully saturated rings. The third-order valence-corrected chi connectivity index (χ3v) is 3.61. The van der Waals surface area contributed by atoms with Gasteiger partial charge in [-0.3, -0.25) is 4.79 Å². The van der Waals surface area contributed by atoms with E-state index < -0.39 is 6.04 Å². The maximum atomic E-state index is 12.0. The van der Waals surface area contributed by atoms with Crippen LogP contribution in [0.1, 0.15) is 22.6 Å². The van der Waals surface area contributed by atoms with Gasteiger partial charge in [-0.1, -0.05) is 12.1 Å². The molecule has 2 aromatic rings. The molecule has 1 aromatic carbocycles. The maximum absolute atomic E-state index is 12.0. The van der Waals surface area contributed by atoms with E-state index in [-0.39, 0.29) is 5.78 Å². The lowest BCUT2D eigenvalue weighted by atomic mass is 10.1. The van der Waals surface area contributed by atoms with Gasteiger partial charge in [-0.15, -0.1) is 11.3 Å². The van der Waals surface area contributed by atoms with E-state index in [2.05, 4.69) is 4.98 Å². The van der Waals surface area contributed by atoms with Gasteiger partial charge in [0.25, 0.3) is 0 Å². The summed E-state index contributed by atoms with van der Waals surface area (Å²) in [5, 5.41) is 0.496. The van der Waals surface area contributed by atoms with E-state index in [1.807, 2.05) is 24.3 Å². The van der Waals surface area contributed by atoms with Gasteiger partial charge in [0, 0.05) is 0 Å². The molecular formula is C12H15N3OS. The first-order valence-corrected chi connectivity index (χ1v) is 6.39. The number of hydrogen-bond donors (Lipinski definition) is 2. The molecular weight excluding hydrogens is 234 g/mol. The molecule has 0 saturated heterocycles. The van der Waals surface area contributed by atoms with Gasteiger partial charge in [0.05, 0.1) is 16.3 Å². The summed E-state index contributed by atoms with van der Waals surface area (Å²) in [6.07, 6.45) is 1.38. The molecule has 2 rings (SSSR count). The van der Waals surface area contributed by atoms with E-state index in [1.54, 1.807) is 0 Å². The second kappa shape index (κ2) is 5.35. The van der Waals surface area contributed by atoms with Crippen molar-refractivity contribution in [3.05, 3.63) is 29.3 Å². The Kier molecular flexibility index (Phi) is 3.83. The highest BCUT2D eigenvalue weighted by Gasteiger charge is 2.18. The molecule has 0 radical (unpaired) electrons. The molecule has 4 nitrogen and oxygen atoms in total. The Morgan fingerprint density at radius 1 is 1.41 bits per heavy atom. The summed E-state index contributed by atoms with van der Waals surface area (Å²) < 4.78 is 1.02. The van der Waals surface area contributed by atoms with Gasteiger partial charge >= 0.3 is 0 Å². The van der Waals surface area contributed by atoms with E-state index >= 15 is 0 Å². The Labute approximate surface area is 104 Å². The first-order valence-electron chi connectivity index (χ1n) is 5.58. The first-order chi connectivity index (χ1) is 8.22. The van der Waals surface area contributed by atoms with Crippen LogP contribution in [0.3, 0.4) is 0 Å². The monoisotopic (exact) mass is 249 g/mol. The predicted molar refractivity (Wildman–Crippen MR) is 70.2 cm³/mol. The van der Waals surface area contributed by atoms with Crippen LogP contribution in [-0.2, 0) is 0 Å². The maximum Gasteiger partial charge on any atom is 0.208 e. The molecule has 90 valence electrons. The number of carbonyl (C=O) groups is 1. The molecule has 0 aliphatic carbocycles. The number of thiazole rings is 1. The summed E-state index contributed by atoms with van der Waals surface area (Å²) in [5.74, 6) is -0.0837. The summed E-state index contributed by atoms with van der Waals surface area (Å²) in [4.78, 5) is 16.3. The minimum Gasteiger partial charge on any atom is -0.330 e. The van der Waals surface area contributed by atoms with Crippen molar-refractivity contribution in [2.24, 2.45) is 11.5 Å². The second-order valence-corrected chi connectivity index (χ2v) is 4.92. The fraction of sp³-hybridized carbons (Fsp3) is 0.333. The number of hydrogen-bond acceptors (Lipinski definition) is 5. The molecule has 0 spiro atoms. The van der Waals surface area contributed by atoms with Crippen LogP contribution in [0, 0.1) is 0 Å². The van der Waals surface area contributed by atoms with Crippen LogP contribution in [0.4, 0.5) is 0 Å². The van der Waals surface area contributed by atoms with Crippen molar-refractivity contribution in [1.29, 1.82) is 0 Å². The topological polar surface area (TPSA) is 82.0 Å². The van der Waals surface area contributed by atoms with Crippen molar-refractivity contribution in [2.75, 3.05) is 6.54 Å². The van der Waals surface area contributed by atoms with Crippen LogP contribution in [-0.4, -0.2) is 23.4 Å². The molecule has 17 heavy (non-hydrogen) atoms. The number of rotatable bonds is 5. The van der Waals surface area contributed by atoms with Crippen LogP contribution in [0.5, 0.6) is 0 Å². The molecule has 1 unspecified atom stereocenters. The quantitative estimate of drug-likeness (QED) is 0.788. The third kappa shape index (κ3) is 2.69. The highest BCUT2D eigenvalue weighted by atomic mass is 32.1. The fourth-order valence-electron chi connectivity index (χ4n) is 1.61. The lowest BCUT2D eigenvalue weighted by Gasteiger charge is -2.06. The van der Waals surface area contributed by atoms with Gasteiger partial charge in [-0.25, -0.2) is 4.98 Å². The smallest absolute Gasteiger partial charge is 0.208 e. The SMILES string of the molecule is NCCCC(N)C(=O)c1nc2ccccc2s1. The van der Waals surface area contributed by atoms with Crippen LogP contribution in [0.2, 0.25) is 0 Å². The van der Waals surface area contributed by atoms with Gasteiger partial charge in [-0.2, -0.15) is 0 Å². The van der Waals surface area contributed by atoms with E-state index in [4.69, 9.17) is 11.5 Å². The Bertz CT molecular complexity index is 490. The van der Waals surface area contributed by atoms with E-state index in [0.717, 1.165) is 16.6 Å². The average Bonchev–Trinajstić information content (AvgIpc) is 2.78. The minimum atomic E-state index is -0.487. The van der Waals surface area contributed by atoms with Crippen molar-refractivity contribution in [2.45, 2.75) is 18.9 Å². The third-order valence-electron chi connectivity index (χ3n) is 2.56. The predicted octanol–water partition coefficient (Wildman–Crippen LogP) is 1.55. The molecule has 0 saturated carbocycles. The minimum absolute atomic E-state index is 0.0837. The highest BCUT2D eigenvalue weighted by Crippen LogP contribution is 2.22. The van der Waals surface area contributed by atoms with Gasteiger partial charge < -0.3 is 11.5 Å². The van der Waals surface area contributed by atoms with Crippen LogP contribution < -0.4 is 11.5 Å². The van der Waals surface area contributed by atoms with Crippen LogP contribution >= 0.6 is 11.3 Å². The molecule has 5 heteroatoms. The van der Waals surface area contributed by atoms with Gasteiger partial charge in [0.15, 0.2) is 5.01 Å². The van der Waals surface area contributed by atoms with Crippen LogP contribution in [0.25, 0.3) is 10.2 Å². The molecule has 0 aliphatic heterocycles. The average molecular weight is 249 g/mol. The number of Topliss-reactive ketones (excluding diaryl/α,β-unsaturated/α-hetero) is 1. The van der Waals surface area contributed by atoms with Crippen molar-refractivity contribution in [3.8, 4) is 0 Å². The standard InChI is InChI=1S/C12H15N3OS/c13-7-3-4-8(14)11(16)12-15-9-5-1-2-6-10(9)17-12/h1-2,5-6,8H,3-4,7,13-14H2. The van der Waals surface area contributed by atoms with Gasteiger partial charge in [0.1, 0.15) is 0 Å². The number of nitrogens with zero attached hydrogens (tertiary/aromatic N) is 1. The van der Waals surface area contributed by atoms with E-state index in [9.17, 15) is 4.79 Å². The Hall–Kier alpha value is -1.30. The van der Waals surface area contributed by atoms with Crippen molar-refractivity contribution < 1.29 is 4.79 Å². The molecule has 0 bridgehead atoms. The molecule has 1 atom stereocenters. The molecule has 4 N–H and O–H groups in total. The Morgan fingerprint density at radius 2 is 2.18 bits per heavy atom. The number of nitrogens with two attached hydrogens (primary N) is 2. The lowest BCUT2D eigenvalue weighted by Crippen LogP contribution is -2.31. The molecule has 0 amide bonds. The Balaban J connectivity index is 2.18.